The van der Waals surface area contributed by atoms with Gasteiger partial charge < -0.3 is 15.0 Å². The minimum atomic E-state index is -0.204. The normalized spacial score (nSPS) is 13.5. The number of carbonyl (C=O) groups excluding carboxylic acids is 1. The number of nitrogens with one attached hydrogen (secondary N) is 1. The maximum atomic E-state index is 11.7. The average Bonchev–Trinajstić information content (AvgIpc) is 2.87. The number of aromatic nitrogens is 2. The zero-order valence-corrected chi connectivity index (χ0v) is 20.5. The van der Waals surface area contributed by atoms with Crippen LogP contribution in [-0.4, -0.2) is 42.2 Å². The van der Waals surface area contributed by atoms with Crippen LogP contribution in [0.3, 0.4) is 0 Å². The summed E-state index contributed by atoms with van der Waals surface area (Å²) in [4.78, 5) is 24.6. The minimum Gasteiger partial charge on any atom is -0.378 e. The predicted molar refractivity (Wildman–Crippen MR) is 138 cm³/mol. The Morgan fingerprint density at radius 2 is 1.97 bits per heavy atom. The SMILES string of the molecule is C=CC(=O)Nc1ccc(Sc2nc(Cc3ccc(N4CCOCC4)cc3)ncc2C)cc1CC. The first kappa shape index (κ1) is 24.0. The molecule has 1 amide bonds. The molecule has 0 saturated carbocycles. The Labute approximate surface area is 205 Å². The van der Waals surface area contributed by atoms with Crippen LogP contribution in [0.5, 0.6) is 0 Å². The van der Waals surface area contributed by atoms with Gasteiger partial charge in [0, 0.05) is 42.0 Å². The Morgan fingerprint density at radius 3 is 2.68 bits per heavy atom. The number of carbonyl (C=O) groups is 1. The fourth-order valence-electron chi connectivity index (χ4n) is 3.82. The van der Waals surface area contributed by atoms with Crippen LogP contribution in [0.2, 0.25) is 0 Å². The summed E-state index contributed by atoms with van der Waals surface area (Å²) in [5.74, 6) is 0.599. The number of ether oxygens (including phenoxy) is 1. The Bertz CT molecular complexity index is 1160. The third-order valence-electron chi connectivity index (χ3n) is 5.77. The highest BCUT2D eigenvalue weighted by Crippen LogP contribution is 2.32. The van der Waals surface area contributed by atoms with E-state index in [0.29, 0.717) is 6.42 Å². The molecule has 34 heavy (non-hydrogen) atoms. The second-order valence-electron chi connectivity index (χ2n) is 8.18. The molecule has 1 saturated heterocycles. The molecule has 176 valence electrons. The van der Waals surface area contributed by atoms with Crippen molar-refractivity contribution in [3.05, 3.63) is 83.8 Å². The molecule has 1 fully saturated rings. The van der Waals surface area contributed by atoms with Gasteiger partial charge in [-0.2, -0.15) is 0 Å². The quantitative estimate of drug-likeness (QED) is 0.364. The first-order valence-electron chi connectivity index (χ1n) is 11.5. The van der Waals surface area contributed by atoms with E-state index in [-0.39, 0.29) is 5.91 Å². The summed E-state index contributed by atoms with van der Waals surface area (Å²) in [6.07, 6.45) is 4.68. The van der Waals surface area contributed by atoms with E-state index in [1.165, 1.54) is 17.3 Å². The summed E-state index contributed by atoms with van der Waals surface area (Å²) in [6.45, 7) is 11.1. The van der Waals surface area contributed by atoms with Crippen LogP contribution in [0.1, 0.15) is 29.4 Å². The third kappa shape index (κ3) is 6.04. The second-order valence-corrected chi connectivity index (χ2v) is 9.25. The number of hydrogen-bond acceptors (Lipinski definition) is 6. The highest BCUT2D eigenvalue weighted by atomic mass is 32.2. The smallest absolute Gasteiger partial charge is 0.247 e. The molecule has 4 rings (SSSR count). The lowest BCUT2D eigenvalue weighted by atomic mass is 10.1. The van der Waals surface area contributed by atoms with Crippen molar-refractivity contribution in [3.63, 3.8) is 0 Å². The number of rotatable bonds is 8. The van der Waals surface area contributed by atoms with Crippen LogP contribution in [0.15, 0.2) is 71.2 Å². The lowest BCUT2D eigenvalue weighted by molar-refractivity contribution is -0.111. The van der Waals surface area contributed by atoms with Crippen LogP contribution < -0.4 is 10.2 Å². The third-order valence-corrected chi connectivity index (χ3v) is 6.86. The van der Waals surface area contributed by atoms with E-state index in [0.717, 1.165) is 65.3 Å². The minimum absolute atomic E-state index is 0.204. The summed E-state index contributed by atoms with van der Waals surface area (Å²) >= 11 is 1.62. The molecule has 2 aromatic carbocycles. The molecule has 2 heterocycles. The van der Waals surface area contributed by atoms with E-state index in [4.69, 9.17) is 9.72 Å². The van der Waals surface area contributed by atoms with Crippen molar-refractivity contribution in [2.24, 2.45) is 0 Å². The summed E-state index contributed by atoms with van der Waals surface area (Å²) in [5.41, 5.74) is 5.35. The number of aryl methyl sites for hydroxylation is 2. The fourth-order valence-corrected chi connectivity index (χ4v) is 4.75. The Hall–Kier alpha value is -3.16. The van der Waals surface area contributed by atoms with Crippen molar-refractivity contribution < 1.29 is 9.53 Å². The summed E-state index contributed by atoms with van der Waals surface area (Å²) < 4.78 is 5.45. The standard InChI is InChI=1S/C27H30N4O2S/c1-4-21-17-23(10-11-24(21)29-26(32)5-2)34-27-19(3)18-28-25(30-27)16-20-6-8-22(9-7-20)31-12-14-33-15-13-31/h5-11,17-18H,2,4,12-16H2,1,3H3,(H,29,32). The number of benzene rings is 2. The molecule has 3 aromatic rings. The van der Waals surface area contributed by atoms with Gasteiger partial charge in [0.05, 0.1) is 13.2 Å². The first-order chi connectivity index (χ1) is 16.6. The van der Waals surface area contributed by atoms with Gasteiger partial charge in [0.2, 0.25) is 5.91 Å². The monoisotopic (exact) mass is 474 g/mol. The molecule has 1 aliphatic rings. The maximum absolute atomic E-state index is 11.7. The van der Waals surface area contributed by atoms with Crippen molar-refractivity contribution in [3.8, 4) is 0 Å². The van der Waals surface area contributed by atoms with Gasteiger partial charge in [0.1, 0.15) is 10.9 Å². The van der Waals surface area contributed by atoms with Gasteiger partial charge in [-0.05, 0) is 66.4 Å². The number of amides is 1. The van der Waals surface area contributed by atoms with Gasteiger partial charge in [0.15, 0.2) is 0 Å². The largest absolute Gasteiger partial charge is 0.378 e. The number of hydrogen-bond donors (Lipinski definition) is 1. The molecule has 1 aromatic heterocycles. The van der Waals surface area contributed by atoms with E-state index >= 15 is 0 Å². The molecular formula is C27H30N4O2S. The van der Waals surface area contributed by atoms with Crippen LogP contribution in [-0.2, 0) is 22.4 Å². The molecule has 1 N–H and O–H groups in total. The molecule has 0 unspecified atom stereocenters. The topological polar surface area (TPSA) is 67.4 Å². The summed E-state index contributed by atoms with van der Waals surface area (Å²) in [7, 11) is 0. The fraction of sp³-hybridized carbons (Fsp3) is 0.296. The van der Waals surface area contributed by atoms with Crippen molar-refractivity contribution in [2.45, 2.75) is 36.6 Å². The Kier molecular flexibility index (Phi) is 7.98. The van der Waals surface area contributed by atoms with Crippen molar-refractivity contribution in [2.75, 3.05) is 36.5 Å². The van der Waals surface area contributed by atoms with Gasteiger partial charge in [-0.15, -0.1) is 0 Å². The maximum Gasteiger partial charge on any atom is 0.247 e. The van der Waals surface area contributed by atoms with Crippen LogP contribution in [0, 0.1) is 6.92 Å². The van der Waals surface area contributed by atoms with Crippen LogP contribution in [0.4, 0.5) is 11.4 Å². The zero-order valence-electron chi connectivity index (χ0n) is 19.7. The molecule has 6 nitrogen and oxygen atoms in total. The molecular weight excluding hydrogens is 444 g/mol. The Balaban J connectivity index is 1.47. The zero-order chi connectivity index (χ0) is 23.9. The van der Waals surface area contributed by atoms with Crippen molar-refractivity contribution in [1.82, 2.24) is 9.97 Å². The number of anilines is 2. The van der Waals surface area contributed by atoms with Crippen LogP contribution >= 0.6 is 11.8 Å². The van der Waals surface area contributed by atoms with E-state index in [9.17, 15) is 4.79 Å². The van der Waals surface area contributed by atoms with E-state index < -0.39 is 0 Å². The molecule has 7 heteroatoms. The van der Waals surface area contributed by atoms with Gasteiger partial charge in [-0.1, -0.05) is 37.4 Å². The summed E-state index contributed by atoms with van der Waals surface area (Å²) in [6, 6.07) is 14.7. The molecule has 1 aliphatic heterocycles. The molecule has 0 spiro atoms. The number of nitrogens with zero attached hydrogens (tertiary/aromatic N) is 3. The lowest BCUT2D eigenvalue weighted by Gasteiger charge is -2.28. The van der Waals surface area contributed by atoms with Crippen molar-refractivity contribution in [1.29, 1.82) is 0 Å². The van der Waals surface area contributed by atoms with Gasteiger partial charge in [0.25, 0.3) is 0 Å². The Morgan fingerprint density at radius 1 is 1.21 bits per heavy atom. The highest BCUT2D eigenvalue weighted by molar-refractivity contribution is 7.99. The van der Waals surface area contributed by atoms with E-state index in [1.807, 2.05) is 25.3 Å². The van der Waals surface area contributed by atoms with Crippen LogP contribution in [0.25, 0.3) is 0 Å². The van der Waals surface area contributed by atoms with Gasteiger partial charge in [-0.3, -0.25) is 4.79 Å². The lowest BCUT2D eigenvalue weighted by Crippen LogP contribution is -2.36. The van der Waals surface area contributed by atoms with Crippen molar-refractivity contribution >= 4 is 29.0 Å². The predicted octanol–water partition coefficient (Wildman–Crippen LogP) is 5.05. The molecule has 0 atom stereocenters. The van der Waals surface area contributed by atoms with E-state index in [2.05, 4.69) is 59.0 Å². The van der Waals surface area contributed by atoms with Gasteiger partial charge >= 0.3 is 0 Å². The first-order valence-corrected chi connectivity index (χ1v) is 12.4. The highest BCUT2D eigenvalue weighted by Gasteiger charge is 2.12. The second kappa shape index (κ2) is 11.3. The van der Waals surface area contributed by atoms with E-state index in [1.54, 1.807) is 11.8 Å². The number of morpholine rings is 1. The van der Waals surface area contributed by atoms with Gasteiger partial charge in [-0.25, -0.2) is 9.97 Å². The summed E-state index contributed by atoms with van der Waals surface area (Å²) in [5, 5.41) is 3.82. The molecule has 0 radical (unpaired) electrons. The average molecular weight is 475 g/mol. The molecule has 0 bridgehead atoms. The molecule has 0 aliphatic carbocycles.